The van der Waals surface area contributed by atoms with E-state index in [1.807, 2.05) is 30.3 Å². The third-order valence-corrected chi connectivity index (χ3v) is 2.58. The van der Waals surface area contributed by atoms with Crippen LogP contribution in [0.4, 0.5) is 0 Å². The molecule has 0 spiro atoms. The van der Waals surface area contributed by atoms with Crippen LogP contribution in [0.2, 0.25) is 0 Å². The van der Waals surface area contributed by atoms with Crippen LogP contribution < -0.4 is 5.11 Å². The number of hydrogen-bond donors (Lipinski definition) is 0. The van der Waals surface area contributed by atoms with Crippen molar-refractivity contribution in [3.63, 3.8) is 0 Å². The first-order valence-corrected chi connectivity index (χ1v) is 7.53. The molecule has 1 aromatic rings. The molecule has 120 valence electrons. The topological polar surface area (TPSA) is 23.1 Å². The molecule has 2 aliphatic rings. The molecular weight excluding hydrogens is 359 g/mol. The summed E-state index contributed by atoms with van der Waals surface area (Å²) >= 11 is 0. The van der Waals surface area contributed by atoms with Gasteiger partial charge < -0.3 is 5.11 Å². The summed E-state index contributed by atoms with van der Waals surface area (Å²) in [5.74, 6) is 0. The van der Waals surface area contributed by atoms with Gasteiger partial charge in [-0.25, -0.2) is 23.3 Å². The molecule has 0 N–H and O–H groups in total. The minimum Gasteiger partial charge on any atom is -0.855 e. The molecular formula is C21H26OZr. The number of benzene rings is 1. The minimum absolute atomic E-state index is 0. The molecule has 0 heterocycles. The van der Waals surface area contributed by atoms with E-state index in [4.69, 9.17) is 5.11 Å². The van der Waals surface area contributed by atoms with Crippen molar-refractivity contribution < 1.29 is 31.3 Å². The average Bonchev–Trinajstić information content (AvgIpc) is 3.16. The molecule has 0 saturated heterocycles. The van der Waals surface area contributed by atoms with Crippen LogP contribution in [0, 0.1) is 19.1 Å². The van der Waals surface area contributed by atoms with Gasteiger partial charge in [0.05, 0.1) is 0 Å². The molecule has 2 aliphatic carbocycles. The Morgan fingerprint density at radius 1 is 0.957 bits per heavy atom. The molecule has 3 rings (SSSR count). The second-order valence-electron chi connectivity index (χ2n) is 4.71. The van der Waals surface area contributed by atoms with Crippen molar-refractivity contribution >= 4 is 0 Å². The fraction of sp³-hybridized carbons (Fsp3) is 0.286. The van der Waals surface area contributed by atoms with Gasteiger partial charge in [-0.15, -0.1) is 31.6 Å². The predicted octanol–water partition coefficient (Wildman–Crippen LogP) is 4.62. The van der Waals surface area contributed by atoms with Crippen LogP contribution in [0.15, 0.2) is 65.8 Å². The fourth-order valence-electron chi connectivity index (χ4n) is 1.51. The van der Waals surface area contributed by atoms with E-state index >= 15 is 0 Å². The van der Waals surface area contributed by atoms with Crippen molar-refractivity contribution in [3.05, 3.63) is 90.4 Å². The Morgan fingerprint density at radius 2 is 1.35 bits per heavy atom. The standard InChI is InChI=1S/C7H7.2C6H7.C2H5O.Zr/c1-7-5-3-2-4-6-7;2*1-6-4-2-3-5-6;1-2-3;/h2-6H,1H2;2*2,4H,3H2,1H3;2H2,1H3;/q4*-1;+4. The van der Waals surface area contributed by atoms with Crippen LogP contribution in [0.5, 0.6) is 0 Å². The summed E-state index contributed by atoms with van der Waals surface area (Å²) in [6, 6.07) is 9.87. The summed E-state index contributed by atoms with van der Waals surface area (Å²) in [4.78, 5) is 0. The zero-order valence-electron chi connectivity index (χ0n) is 14.4. The maximum Gasteiger partial charge on any atom is 4.00 e. The molecule has 0 unspecified atom stereocenters. The molecule has 0 aromatic heterocycles. The first kappa shape index (κ1) is 24.1. The van der Waals surface area contributed by atoms with Gasteiger partial charge in [0.15, 0.2) is 0 Å². The molecule has 1 nitrogen and oxygen atoms in total. The Hall–Kier alpha value is -1.11. The summed E-state index contributed by atoms with van der Waals surface area (Å²) in [5, 5.41) is 8.93. The van der Waals surface area contributed by atoms with Crippen LogP contribution in [0.25, 0.3) is 0 Å². The van der Waals surface area contributed by atoms with Crippen LogP contribution >= 0.6 is 0 Å². The predicted molar refractivity (Wildman–Crippen MR) is 93.8 cm³/mol. The SMILES string of the molecule is CC1=[C-]CC=C1.CC1=[C-]CC=C1.CC[O-].[CH2-]c1ccccc1.[Zr+4]. The average molecular weight is 386 g/mol. The molecule has 23 heavy (non-hydrogen) atoms. The first-order chi connectivity index (χ1) is 10.6. The van der Waals surface area contributed by atoms with Gasteiger partial charge in [0.1, 0.15) is 0 Å². The van der Waals surface area contributed by atoms with E-state index in [1.54, 1.807) is 6.92 Å². The van der Waals surface area contributed by atoms with Crippen molar-refractivity contribution in [2.75, 3.05) is 6.61 Å². The van der Waals surface area contributed by atoms with Crippen LogP contribution in [0.1, 0.15) is 39.2 Å². The first-order valence-electron chi connectivity index (χ1n) is 7.53. The quantitative estimate of drug-likeness (QED) is 0.597. The van der Waals surface area contributed by atoms with Crippen molar-refractivity contribution in [3.8, 4) is 0 Å². The Balaban J connectivity index is 0. The second-order valence-corrected chi connectivity index (χ2v) is 4.71. The molecule has 0 bridgehead atoms. The van der Waals surface area contributed by atoms with Gasteiger partial charge in [-0.3, -0.25) is 12.2 Å². The normalized spacial score (nSPS) is 13.0. The summed E-state index contributed by atoms with van der Waals surface area (Å²) in [5.41, 5.74) is 3.62. The van der Waals surface area contributed by atoms with Crippen LogP contribution in [-0.4, -0.2) is 6.61 Å². The van der Waals surface area contributed by atoms with Crippen molar-refractivity contribution in [2.24, 2.45) is 0 Å². The van der Waals surface area contributed by atoms with Gasteiger partial charge in [0.25, 0.3) is 0 Å². The maximum atomic E-state index is 8.93. The third kappa shape index (κ3) is 17.1. The molecule has 0 amide bonds. The van der Waals surface area contributed by atoms with Crippen LogP contribution in [0.3, 0.4) is 0 Å². The van der Waals surface area contributed by atoms with Crippen LogP contribution in [-0.2, 0) is 26.2 Å². The molecule has 0 aliphatic heterocycles. The van der Waals surface area contributed by atoms with E-state index in [0.717, 1.165) is 18.4 Å². The Labute approximate surface area is 161 Å². The van der Waals surface area contributed by atoms with E-state index in [9.17, 15) is 0 Å². The van der Waals surface area contributed by atoms with E-state index < -0.39 is 0 Å². The zero-order valence-corrected chi connectivity index (χ0v) is 16.9. The van der Waals surface area contributed by atoms with E-state index in [2.05, 4.69) is 57.2 Å². The monoisotopic (exact) mass is 384 g/mol. The van der Waals surface area contributed by atoms with Gasteiger partial charge in [-0.2, -0.15) is 36.8 Å². The molecule has 2 heteroatoms. The smallest absolute Gasteiger partial charge is 0.855 e. The van der Waals surface area contributed by atoms with Crippen molar-refractivity contribution in [2.45, 2.75) is 33.6 Å². The van der Waals surface area contributed by atoms with Crippen molar-refractivity contribution in [1.82, 2.24) is 0 Å². The minimum atomic E-state index is 0. The maximum absolute atomic E-state index is 8.93. The summed E-state index contributed by atoms with van der Waals surface area (Å²) < 4.78 is 0. The molecule has 0 atom stereocenters. The van der Waals surface area contributed by atoms with Gasteiger partial charge in [-0.05, 0) is 0 Å². The van der Waals surface area contributed by atoms with Crippen molar-refractivity contribution in [1.29, 1.82) is 0 Å². The number of hydrogen-bond acceptors (Lipinski definition) is 1. The Morgan fingerprint density at radius 3 is 1.48 bits per heavy atom. The van der Waals surface area contributed by atoms with Gasteiger partial charge >= 0.3 is 26.2 Å². The number of rotatable bonds is 0. The van der Waals surface area contributed by atoms with E-state index in [1.165, 1.54) is 11.1 Å². The van der Waals surface area contributed by atoms with Gasteiger partial charge in [-0.1, -0.05) is 26.8 Å². The molecule has 0 fully saturated rings. The Kier molecular flexibility index (Phi) is 18.1. The molecule has 0 saturated carbocycles. The summed E-state index contributed by atoms with van der Waals surface area (Å²) in [6.45, 7) is 9.41. The summed E-state index contributed by atoms with van der Waals surface area (Å²) in [6.07, 6.45) is 16.7. The Bertz CT molecular complexity index is 462. The molecule has 0 radical (unpaired) electrons. The van der Waals surface area contributed by atoms with Gasteiger partial charge in [0.2, 0.25) is 0 Å². The number of allylic oxidation sites excluding steroid dienone is 8. The van der Waals surface area contributed by atoms with E-state index in [0.29, 0.717) is 0 Å². The zero-order chi connectivity index (χ0) is 16.6. The molecule has 1 aromatic carbocycles. The second kappa shape index (κ2) is 17.3. The summed E-state index contributed by atoms with van der Waals surface area (Å²) in [7, 11) is 0. The van der Waals surface area contributed by atoms with E-state index in [-0.39, 0.29) is 32.8 Å². The van der Waals surface area contributed by atoms with Gasteiger partial charge in [0, 0.05) is 0 Å². The largest absolute Gasteiger partial charge is 4.00 e. The third-order valence-electron chi connectivity index (χ3n) is 2.58. The fourth-order valence-corrected chi connectivity index (χ4v) is 1.51.